The van der Waals surface area contributed by atoms with Crippen LogP contribution in [0, 0.1) is 0 Å². The van der Waals surface area contributed by atoms with Gasteiger partial charge in [0, 0.05) is 7.05 Å². The molecule has 0 aromatic carbocycles. The van der Waals surface area contributed by atoms with E-state index >= 15 is 0 Å². The maximum Gasteiger partial charge on any atom is 0.236 e. The highest BCUT2D eigenvalue weighted by Gasteiger charge is 2.33. The Labute approximate surface area is 66.5 Å². The van der Waals surface area contributed by atoms with Crippen LogP contribution in [0.25, 0.3) is 0 Å². The van der Waals surface area contributed by atoms with E-state index in [2.05, 4.69) is 10.6 Å². The molecule has 0 spiro atoms. The minimum Gasteiger partial charge on any atom is -0.358 e. The van der Waals surface area contributed by atoms with E-state index in [4.69, 9.17) is 5.73 Å². The molecule has 1 heterocycles. The SMILES string of the molecule is CNC(=O)C1CCC(C)(N)N1. The summed E-state index contributed by atoms with van der Waals surface area (Å²) in [4.78, 5) is 11.1. The number of carbonyl (C=O) groups is 1. The molecule has 0 aliphatic carbocycles. The Kier molecular flexibility index (Phi) is 2.15. The minimum absolute atomic E-state index is 0.0270. The Bertz CT molecular complexity index is 167. The van der Waals surface area contributed by atoms with Crippen molar-refractivity contribution in [2.24, 2.45) is 5.73 Å². The highest BCUT2D eigenvalue weighted by Crippen LogP contribution is 2.17. The summed E-state index contributed by atoms with van der Waals surface area (Å²) in [6.07, 6.45) is 1.68. The fraction of sp³-hybridized carbons (Fsp3) is 0.857. The van der Waals surface area contributed by atoms with Gasteiger partial charge in [0.2, 0.25) is 5.91 Å². The molecule has 0 aromatic heterocycles. The summed E-state index contributed by atoms with van der Waals surface area (Å²) in [5, 5.41) is 5.63. The average Bonchev–Trinajstić information content (AvgIpc) is 2.29. The number of nitrogens with one attached hydrogen (secondary N) is 2. The van der Waals surface area contributed by atoms with Crippen LogP contribution in [0.4, 0.5) is 0 Å². The summed E-state index contributed by atoms with van der Waals surface area (Å²) in [6, 6.07) is -0.102. The van der Waals surface area contributed by atoms with Crippen molar-refractivity contribution >= 4 is 5.91 Å². The Morgan fingerprint density at radius 2 is 2.45 bits per heavy atom. The van der Waals surface area contributed by atoms with Crippen LogP contribution in [-0.2, 0) is 4.79 Å². The molecule has 1 rings (SSSR count). The first-order valence-corrected chi connectivity index (χ1v) is 3.83. The predicted octanol–water partition coefficient (Wildman–Crippen LogP) is -0.841. The van der Waals surface area contributed by atoms with Gasteiger partial charge in [0.05, 0.1) is 11.7 Å². The Balaban J connectivity index is 2.48. The van der Waals surface area contributed by atoms with Crippen LogP contribution in [0.1, 0.15) is 19.8 Å². The van der Waals surface area contributed by atoms with Gasteiger partial charge in [-0.1, -0.05) is 0 Å². The lowest BCUT2D eigenvalue weighted by Gasteiger charge is -2.19. The number of likely N-dealkylation sites (N-methyl/N-ethyl adjacent to an activating group) is 1. The quantitative estimate of drug-likeness (QED) is 0.465. The molecule has 1 aliphatic rings. The van der Waals surface area contributed by atoms with E-state index in [0.29, 0.717) is 0 Å². The van der Waals surface area contributed by atoms with Crippen LogP contribution in [0.5, 0.6) is 0 Å². The van der Waals surface area contributed by atoms with Gasteiger partial charge in [-0.2, -0.15) is 0 Å². The Morgan fingerprint density at radius 3 is 2.82 bits per heavy atom. The Hall–Kier alpha value is -0.610. The highest BCUT2D eigenvalue weighted by atomic mass is 16.2. The molecule has 4 nitrogen and oxygen atoms in total. The molecule has 1 amide bonds. The first-order valence-electron chi connectivity index (χ1n) is 3.83. The lowest BCUT2D eigenvalue weighted by atomic mass is 10.1. The molecule has 4 heteroatoms. The van der Waals surface area contributed by atoms with Crippen LogP contribution in [-0.4, -0.2) is 24.7 Å². The van der Waals surface area contributed by atoms with Gasteiger partial charge in [-0.3, -0.25) is 10.1 Å². The van der Waals surface area contributed by atoms with Crippen LogP contribution < -0.4 is 16.4 Å². The first-order chi connectivity index (χ1) is 5.05. The van der Waals surface area contributed by atoms with E-state index in [1.54, 1.807) is 7.05 Å². The second-order valence-corrected chi connectivity index (χ2v) is 3.27. The monoisotopic (exact) mass is 157 g/mol. The van der Waals surface area contributed by atoms with Gasteiger partial charge >= 0.3 is 0 Å². The average molecular weight is 157 g/mol. The standard InChI is InChI=1S/C7H15N3O/c1-7(8)4-3-5(10-7)6(11)9-2/h5,10H,3-4,8H2,1-2H3,(H,9,11). The van der Waals surface area contributed by atoms with Gasteiger partial charge < -0.3 is 11.1 Å². The summed E-state index contributed by atoms with van der Waals surface area (Å²) in [7, 11) is 1.64. The summed E-state index contributed by atoms with van der Waals surface area (Å²) in [5.41, 5.74) is 5.41. The van der Waals surface area contributed by atoms with Crippen molar-refractivity contribution in [1.29, 1.82) is 0 Å². The summed E-state index contributed by atoms with van der Waals surface area (Å²) < 4.78 is 0. The van der Waals surface area contributed by atoms with Crippen LogP contribution in [0.2, 0.25) is 0 Å². The third-order valence-corrected chi connectivity index (χ3v) is 2.02. The van der Waals surface area contributed by atoms with Crippen molar-refractivity contribution in [3.63, 3.8) is 0 Å². The summed E-state index contributed by atoms with van der Waals surface area (Å²) in [5.74, 6) is 0.0270. The molecule has 11 heavy (non-hydrogen) atoms. The van der Waals surface area contributed by atoms with Gasteiger partial charge in [-0.05, 0) is 19.8 Å². The molecule has 2 unspecified atom stereocenters. The smallest absolute Gasteiger partial charge is 0.236 e. The van der Waals surface area contributed by atoms with E-state index in [-0.39, 0.29) is 17.6 Å². The molecule has 4 N–H and O–H groups in total. The Morgan fingerprint density at radius 1 is 1.82 bits per heavy atom. The molecule has 1 aliphatic heterocycles. The van der Waals surface area contributed by atoms with Gasteiger partial charge in [0.1, 0.15) is 0 Å². The zero-order valence-electron chi connectivity index (χ0n) is 6.98. The lowest BCUT2D eigenvalue weighted by molar-refractivity contribution is -0.122. The maximum atomic E-state index is 11.1. The zero-order chi connectivity index (χ0) is 8.48. The summed E-state index contributed by atoms with van der Waals surface area (Å²) >= 11 is 0. The topological polar surface area (TPSA) is 67.2 Å². The van der Waals surface area contributed by atoms with Crippen molar-refractivity contribution < 1.29 is 4.79 Å². The van der Waals surface area contributed by atoms with Gasteiger partial charge in [-0.25, -0.2) is 0 Å². The summed E-state index contributed by atoms with van der Waals surface area (Å²) in [6.45, 7) is 1.90. The van der Waals surface area contributed by atoms with Crippen molar-refractivity contribution in [2.45, 2.75) is 31.5 Å². The number of hydrogen-bond donors (Lipinski definition) is 3. The number of nitrogens with two attached hydrogens (primary N) is 1. The largest absolute Gasteiger partial charge is 0.358 e. The van der Waals surface area contributed by atoms with Crippen molar-refractivity contribution in [2.75, 3.05) is 7.05 Å². The second-order valence-electron chi connectivity index (χ2n) is 3.27. The number of rotatable bonds is 1. The predicted molar refractivity (Wildman–Crippen MR) is 42.8 cm³/mol. The molecule has 1 fully saturated rings. The van der Waals surface area contributed by atoms with Crippen LogP contribution in [0.15, 0.2) is 0 Å². The van der Waals surface area contributed by atoms with Crippen LogP contribution in [0.3, 0.4) is 0 Å². The molecule has 2 atom stereocenters. The maximum absolute atomic E-state index is 11.1. The molecule has 0 aromatic rings. The molecule has 0 bridgehead atoms. The third kappa shape index (κ3) is 1.91. The molecule has 64 valence electrons. The molecule has 0 saturated carbocycles. The normalized spacial score (nSPS) is 37.2. The molecular formula is C7H15N3O. The molecule has 1 saturated heterocycles. The first kappa shape index (κ1) is 8.49. The van der Waals surface area contributed by atoms with Crippen LogP contribution >= 0.6 is 0 Å². The second kappa shape index (κ2) is 2.79. The van der Waals surface area contributed by atoms with E-state index < -0.39 is 0 Å². The zero-order valence-corrected chi connectivity index (χ0v) is 6.98. The van der Waals surface area contributed by atoms with E-state index in [0.717, 1.165) is 12.8 Å². The molecule has 0 radical (unpaired) electrons. The van der Waals surface area contributed by atoms with Crippen molar-refractivity contribution in [3.8, 4) is 0 Å². The fourth-order valence-electron chi connectivity index (χ4n) is 1.36. The number of hydrogen-bond acceptors (Lipinski definition) is 3. The van der Waals surface area contributed by atoms with Gasteiger partial charge in [0.25, 0.3) is 0 Å². The number of carbonyl (C=O) groups excluding carboxylic acids is 1. The van der Waals surface area contributed by atoms with Gasteiger partial charge in [0.15, 0.2) is 0 Å². The lowest BCUT2D eigenvalue weighted by Crippen LogP contribution is -2.51. The van der Waals surface area contributed by atoms with Gasteiger partial charge in [-0.15, -0.1) is 0 Å². The highest BCUT2D eigenvalue weighted by molar-refractivity contribution is 5.81. The molecular weight excluding hydrogens is 142 g/mol. The van der Waals surface area contributed by atoms with Crippen molar-refractivity contribution in [3.05, 3.63) is 0 Å². The van der Waals surface area contributed by atoms with Crippen molar-refractivity contribution in [1.82, 2.24) is 10.6 Å². The third-order valence-electron chi connectivity index (χ3n) is 2.02. The number of amides is 1. The van der Waals surface area contributed by atoms with E-state index in [9.17, 15) is 4.79 Å². The minimum atomic E-state index is -0.364. The van der Waals surface area contributed by atoms with E-state index in [1.807, 2.05) is 6.92 Å². The van der Waals surface area contributed by atoms with E-state index in [1.165, 1.54) is 0 Å². The fourth-order valence-corrected chi connectivity index (χ4v) is 1.36.